The first-order valence-corrected chi connectivity index (χ1v) is 9.72. The number of para-hydroxylation sites is 1. The summed E-state index contributed by atoms with van der Waals surface area (Å²) in [5.41, 5.74) is 3.74. The highest BCUT2D eigenvalue weighted by atomic mass is 16.5. The van der Waals surface area contributed by atoms with Crippen molar-refractivity contribution >= 4 is 5.91 Å². The summed E-state index contributed by atoms with van der Waals surface area (Å²) in [7, 11) is 0. The maximum atomic E-state index is 12.6. The molecule has 0 aliphatic carbocycles. The predicted octanol–water partition coefficient (Wildman–Crippen LogP) is 4.33. The first kappa shape index (κ1) is 19.7. The molecule has 0 spiro atoms. The van der Waals surface area contributed by atoms with E-state index in [9.17, 15) is 4.79 Å². The average Bonchev–Trinajstić information content (AvgIpc) is 3.18. The highest BCUT2D eigenvalue weighted by molar-refractivity contribution is 5.95. The molecule has 0 aliphatic heterocycles. The molecule has 1 N–H and O–H groups in total. The van der Waals surface area contributed by atoms with Gasteiger partial charge in [-0.25, -0.2) is 0 Å². The van der Waals surface area contributed by atoms with Gasteiger partial charge in [-0.15, -0.1) is 0 Å². The quantitative estimate of drug-likeness (QED) is 0.636. The lowest BCUT2D eigenvalue weighted by Gasteiger charge is -2.14. The van der Waals surface area contributed by atoms with Gasteiger partial charge in [0.05, 0.1) is 12.3 Å². The summed E-state index contributed by atoms with van der Waals surface area (Å²) in [5.74, 6) is 0.800. The van der Waals surface area contributed by atoms with Crippen LogP contribution in [-0.2, 0) is 13.0 Å². The Labute approximate surface area is 166 Å². The van der Waals surface area contributed by atoms with Crippen LogP contribution < -0.4 is 10.1 Å². The standard InChI is InChI=1S/C23H27N3O2/c1-4-26-16-21(15-25-26)19-9-7-10-20(14-19)23(27)24-13-12-18-8-5-6-11-22(18)28-17(2)3/h5-11,14-17H,4,12-13H2,1-3H3,(H,24,27). The third kappa shape index (κ3) is 5.00. The summed E-state index contributed by atoms with van der Waals surface area (Å²) in [6.45, 7) is 7.44. The number of nitrogens with one attached hydrogen (secondary N) is 1. The molecule has 0 aliphatic rings. The van der Waals surface area contributed by atoms with Crippen molar-refractivity contribution in [3.8, 4) is 16.9 Å². The van der Waals surface area contributed by atoms with Crippen LogP contribution in [0.4, 0.5) is 0 Å². The maximum absolute atomic E-state index is 12.6. The topological polar surface area (TPSA) is 56.2 Å². The zero-order valence-corrected chi connectivity index (χ0v) is 16.7. The molecule has 3 aromatic rings. The lowest BCUT2D eigenvalue weighted by Crippen LogP contribution is -2.25. The number of rotatable bonds is 8. The second-order valence-electron chi connectivity index (χ2n) is 6.95. The number of hydrogen-bond acceptors (Lipinski definition) is 3. The van der Waals surface area contributed by atoms with Crippen LogP contribution in [-0.4, -0.2) is 28.3 Å². The summed E-state index contributed by atoms with van der Waals surface area (Å²) in [6, 6.07) is 15.6. The Hall–Kier alpha value is -3.08. The Kier molecular flexibility index (Phi) is 6.48. The third-order valence-corrected chi connectivity index (χ3v) is 4.43. The molecular weight excluding hydrogens is 350 g/mol. The summed E-state index contributed by atoms with van der Waals surface area (Å²) in [6.07, 6.45) is 4.66. The summed E-state index contributed by atoms with van der Waals surface area (Å²) in [5, 5.41) is 7.31. The van der Waals surface area contributed by atoms with Crippen molar-refractivity contribution in [3.63, 3.8) is 0 Å². The smallest absolute Gasteiger partial charge is 0.251 e. The van der Waals surface area contributed by atoms with Crippen LogP contribution in [0.15, 0.2) is 60.9 Å². The highest BCUT2D eigenvalue weighted by Crippen LogP contribution is 2.21. The van der Waals surface area contributed by atoms with Crippen molar-refractivity contribution in [1.29, 1.82) is 0 Å². The van der Waals surface area contributed by atoms with Crippen LogP contribution in [0.3, 0.4) is 0 Å². The van der Waals surface area contributed by atoms with Gasteiger partial charge in [0.15, 0.2) is 0 Å². The van der Waals surface area contributed by atoms with Gasteiger partial charge in [0.25, 0.3) is 5.91 Å². The van der Waals surface area contributed by atoms with Crippen molar-refractivity contribution in [1.82, 2.24) is 15.1 Å². The van der Waals surface area contributed by atoms with Crippen LogP contribution in [0, 0.1) is 0 Å². The van der Waals surface area contributed by atoms with Crippen LogP contribution in [0.25, 0.3) is 11.1 Å². The van der Waals surface area contributed by atoms with Gasteiger partial charge in [-0.1, -0.05) is 30.3 Å². The van der Waals surface area contributed by atoms with E-state index < -0.39 is 0 Å². The third-order valence-electron chi connectivity index (χ3n) is 4.43. The highest BCUT2D eigenvalue weighted by Gasteiger charge is 2.09. The lowest BCUT2D eigenvalue weighted by molar-refractivity contribution is 0.0954. The lowest BCUT2D eigenvalue weighted by atomic mass is 10.1. The molecule has 146 valence electrons. The molecule has 1 aromatic heterocycles. The minimum absolute atomic E-state index is 0.0769. The Bertz CT molecular complexity index is 931. The van der Waals surface area contributed by atoms with Crippen molar-refractivity contribution in [2.75, 3.05) is 6.54 Å². The van der Waals surface area contributed by atoms with E-state index >= 15 is 0 Å². The Morgan fingerprint density at radius 2 is 1.96 bits per heavy atom. The summed E-state index contributed by atoms with van der Waals surface area (Å²) < 4.78 is 7.72. The second kappa shape index (κ2) is 9.22. The fourth-order valence-corrected chi connectivity index (χ4v) is 3.02. The van der Waals surface area contributed by atoms with E-state index in [1.807, 2.05) is 86.4 Å². The van der Waals surface area contributed by atoms with Gasteiger partial charge >= 0.3 is 0 Å². The molecule has 28 heavy (non-hydrogen) atoms. The van der Waals surface area contributed by atoms with Gasteiger partial charge in [-0.3, -0.25) is 9.48 Å². The van der Waals surface area contributed by atoms with Crippen LogP contribution >= 0.6 is 0 Å². The van der Waals surface area contributed by atoms with E-state index in [4.69, 9.17) is 4.74 Å². The van der Waals surface area contributed by atoms with Gasteiger partial charge in [0.2, 0.25) is 0 Å². The number of carbonyl (C=O) groups excluding carboxylic acids is 1. The molecule has 0 saturated heterocycles. The summed E-state index contributed by atoms with van der Waals surface area (Å²) in [4.78, 5) is 12.6. The predicted molar refractivity (Wildman–Crippen MR) is 112 cm³/mol. The molecule has 1 heterocycles. The molecule has 0 atom stereocenters. The number of benzene rings is 2. The number of hydrogen-bond donors (Lipinski definition) is 1. The molecule has 0 unspecified atom stereocenters. The van der Waals surface area contributed by atoms with Crippen LogP contribution in [0.5, 0.6) is 5.75 Å². The van der Waals surface area contributed by atoms with Gasteiger partial charge in [-0.05, 0) is 56.5 Å². The molecule has 1 amide bonds. The number of amides is 1. The van der Waals surface area contributed by atoms with Crippen molar-refractivity contribution in [2.24, 2.45) is 0 Å². The molecule has 5 heteroatoms. The van der Waals surface area contributed by atoms with Crippen LogP contribution in [0.1, 0.15) is 36.7 Å². The fourth-order valence-electron chi connectivity index (χ4n) is 3.02. The Balaban J connectivity index is 1.62. The number of aromatic nitrogens is 2. The SMILES string of the molecule is CCn1cc(-c2cccc(C(=O)NCCc3ccccc3OC(C)C)c2)cn1. The maximum Gasteiger partial charge on any atom is 0.251 e. The Morgan fingerprint density at radius 3 is 2.71 bits per heavy atom. The molecule has 0 fully saturated rings. The normalized spacial score (nSPS) is 10.9. The fraction of sp³-hybridized carbons (Fsp3) is 0.304. The number of nitrogens with zero attached hydrogens (tertiary/aromatic N) is 2. The number of ether oxygens (including phenoxy) is 1. The van der Waals surface area contributed by atoms with E-state index in [0.717, 1.165) is 35.4 Å². The largest absolute Gasteiger partial charge is 0.491 e. The van der Waals surface area contributed by atoms with Crippen molar-refractivity contribution in [3.05, 3.63) is 72.1 Å². The number of carbonyl (C=O) groups is 1. The number of aryl methyl sites for hydroxylation is 1. The molecule has 5 nitrogen and oxygen atoms in total. The van der Waals surface area contributed by atoms with Gasteiger partial charge in [0, 0.05) is 30.4 Å². The zero-order chi connectivity index (χ0) is 19.9. The van der Waals surface area contributed by atoms with Crippen molar-refractivity contribution in [2.45, 2.75) is 39.8 Å². The van der Waals surface area contributed by atoms with E-state index in [2.05, 4.69) is 10.4 Å². The van der Waals surface area contributed by atoms with E-state index in [-0.39, 0.29) is 12.0 Å². The minimum Gasteiger partial charge on any atom is -0.491 e. The van der Waals surface area contributed by atoms with E-state index in [0.29, 0.717) is 12.1 Å². The van der Waals surface area contributed by atoms with E-state index in [1.165, 1.54) is 0 Å². The van der Waals surface area contributed by atoms with Gasteiger partial charge < -0.3 is 10.1 Å². The Morgan fingerprint density at radius 1 is 1.14 bits per heavy atom. The molecule has 0 bridgehead atoms. The molecular formula is C23H27N3O2. The van der Waals surface area contributed by atoms with Gasteiger partial charge in [0.1, 0.15) is 5.75 Å². The molecule has 3 rings (SSSR count). The van der Waals surface area contributed by atoms with Gasteiger partial charge in [-0.2, -0.15) is 5.10 Å². The molecule has 0 radical (unpaired) electrons. The van der Waals surface area contributed by atoms with Crippen molar-refractivity contribution < 1.29 is 9.53 Å². The zero-order valence-electron chi connectivity index (χ0n) is 16.7. The van der Waals surface area contributed by atoms with E-state index in [1.54, 1.807) is 0 Å². The second-order valence-corrected chi connectivity index (χ2v) is 6.95. The first-order valence-electron chi connectivity index (χ1n) is 9.72. The van der Waals surface area contributed by atoms with Crippen LogP contribution in [0.2, 0.25) is 0 Å². The average molecular weight is 377 g/mol. The molecule has 0 saturated carbocycles. The first-order chi connectivity index (χ1) is 13.6. The monoisotopic (exact) mass is 377 g/mol. The minimum atomic E-state index is -0.0769. The summed E-state index contributed by atoms with van der Waals surface area (Å²) >= 11 is 0. The molecule has 2 aromatic carbocycles.